The van der Waals surface area contributed by atoms with Crippen LogP contribution in [0, 0.1) is 0 Å². The van der Waals surface area contributed by atoms with Crippen molar-refractivity contribution in [1.82, 2.24) is 31.2 Å². The first-order chi connectivity index (χ1) is 47.3. The molecular weight excluding hydrogens is 1300 g/mol. The average molecular weight is 1390 g/mol. The van der Waals surface area contributed by atoms with E-state index in [9.17, 15) is 50.4 Å². The minimum Gasteiger partial charge on any atom is -0.490 e. The molecule has 22 nitrogen and oxygen atoms in total. The molecule has 530 valence electrons. The van der Waals surface area contributed by atoms with E-state index < -0.39 is 98.1 Å². The molecule has 4 aliphatic carbocycles. The number of aliphatic hydroxyl groups excluding tert-OH is 9. The van der Waals surface area contributed by atoms with Gasteiger partial charge in [-0.05, 0) is 159 Å². The van der Waals surface area contributed by atoms with E-state index in [0.717, 1.165) is 144 Å². The molecule has 5 aliphatic rings. The van der Waals surface area contributed by atoms with Crippen molar-refractivity contribution in [2.75, 3.05) is 32.9 Å². The van der Waals surface area contributed by atoms with Crippen LogP contribution in [0.15, 0.2) is 122 Å². The smallest absolute Gasteiger partial charge is 0.315 e. The van der Waals surface area contributed by atoms with Gasteiger partial charge in [-0.2, -0.15) is 0 Å². The largest absolute Gasteiger partial charge is 0.490 e. The number of amides is 4. The number of halogens is 2. The Morgan fingerprint density at radius 1 is 0.602 bits per heavy atom. The standard InChI is InChI=1S/C37H46ClN3O8.C37H48ClN3O8/c1-22(6-4-5-16-40-36(46)41-32-34(44)33(43)31(20-42)49-35(32)45)23-9-12-29(38)24(18-23)21-47-37(14-15-37)28-19-39-17-13-26(28)27-7-2-3-8-30(27)48-25-10-11-25;1-23(6-4-5-16-40-36(47)41-31(20-42)34(45)35(46)32(44)21-43)24-9-12-30(38)25(18-24)22-48-37(14-15-37)29-19-39-17-13-27(29)28-7-2-3-8-33(28)49-26-10-11-26/h2-3,7-9,12-13,17-19,22,25,31-35,42-45H,4-6,10-11,14-16,20-21H2,1H3,(H2,40,41,46);2-3,7-9,12-13,17-19,23,26,31-32,34-35,42-46H,4-6,10-11,14-16,20-22H2,1H3,(H2,40,41,47)/t22-,31-,32-,33-,34-,35-;23-,31+,32-,34-,35-/m11/s1. The number of para-hydroxylation sites is 2. The summed E-state index contributed by atoms with van der Waals surface area (Å²) in [6.45, 7) is 3.80. The molecule has 5 fully saturated rings. The van der Waals surface area contributed by atoms with Gasteiger partial charge in [-0.1, -0.05) is 111 Å². The molecule has 0 unspecified atom stereocenters. The van der Waals surface area contributed by atoms with Crippen molar-refractivity contribution in [3.63, 3.8) is 0 Å². The van der Waals surface area contributed by atoms with E-state index in [4.69, 9.17) is 52.0 Å². The highest BCUT2D eigenvalue weighted by molar-refractivity contribution is 6.31. The zero-order valence-electron chi connectivity index (χ0n) is 55.4. The number of urea groups is 2. The minimum atomic E-state index is -1.73. The van der Waals surface area contributed by atoms with Gasteiger partial charge in [0, 0.05) is 70.2 Å². The predicted molar refractivity (Wildman–Crippen MR) is 368 cm³/mol. The SMILES string of the molecule is C[C@H](CCCCNC(=O)N[C@@H](CO)[C@@H](O)[C@H](O)[C@H](O)CO)c1ccc(Cl)c(COC2(c3cnccc3-c3ccccc3OC3CC3)CC2)c1.C[C@H](CCCCNC(=O)N[C@@H]1[C@@H](O)[C@H](O)[C@@H](CO)O[C@H]1O)c1ccc(Cl)c(COC2(c3cnccc3-c3ccccc3OC3CC3)CC2)c1. The van der Waals surface area contributed by atoms with Gasteiger partial charge in [-0.25, -0.2) is 9.59 Å². The zero-order chi connectivity index (χ0) is 69.5. The van der Waals surface area contributed by atoms with Crippen LogP contribution in [-0.4, -0.2) is 168 Å². The average Bonchev–Trinajstić information content (AvgIpc) is 1.59. The fourth-order valence-corrected chi connectivity index (χ4v) is 12.7. The molecule has 98 heavy (non-hydrogen) atoms. The van der Waals surface area contributed by atoms with Gasteiger partial charge in [0.2, 0.25) is 0 Å². The van der Waals surface area contributed by atoms with E-state index in [0.29, 0.717) is 61.4 Å². The lowest BCUT2D eigenvalue weighted by atomic mass is 9.94. The molecule has 11 atom stereocenters. The number of ether oxygens (including phenoxy) is 5. The minimum absolute atomic E-state index is 0.237. The Kier molecular flexibility index (Phi) is 26.2. The second-order valence-corrected chi connectivity index (χ2v) is 27.4. The maximum atomic E-state index is 12.4. The lowest BCUT2D eigenvalue weighted by Crippen LogP contribution is -2.65. The van der Waals surface area contributed by atoms with Crippen molar-refractivity contribution in [2.24, 2.45) is 0 Å². The van der Waals surface area contributed by atoms with Crippen molar-refractivity contribution >= 4 is 35.3 Å². The number of carbonyl (C=O) groups is 2. The molecule has 24 heteroatoms. The van der Waals surface area contributed by atoms with Gasteiger partial charge in [0.15, 0.2) is 6.29 Å². The maximum absolute atomic E-state index is 12.4. The Morgan fingerprint density at radius 3 is 1.53 bits per heavy atom. The Bertz CT molecular complexity index is 3570. The Hall–Kier alpha value is -6.58. The number of aromatic nitrogens is 2. The van der Waals surface area contributed by atoms with Gasteiger partial charge < -0.3 is 90.9 Å². The van der Waals surface area contributed by atoms with E-state index in [1.54, 1.807) is 0 Å². The first-order valence-electron chi connectivity index (χ1n) is 34.3. The highest BCUT2D eigenvalue weighted by Crippen LogP contribution is 2.55. The second-order valence-electron chi connectivity index (χ2n) is 26.6. The maximum Gasteiger partial charge on any atom is 0.315 e. The van der Waals surface area contributed by atoms with Crippen LogP contribution in [0.25, 0.3) is 22.3 Å². The quantitative estimate of drug-likeness (QED) is 0.0168. The van der Waals surface area contributed by atoms with E-state index >= 15 is 0 Å². The van der Waals surface area contributed by atoms with Gasteiger partial charge in [0.05, 0.1) is 62.5 Å². The molecule has 4 amide bonds. The monoisotopic (exact) mass is 1390 g/mol. The molecule has 11 rings (SSSR count). The number of nitrogens with zero attached hydrogens (tertiary/aromatic N) is 2. The molecule has 4 saturated carbocycles. The van der Waals surface area contributed by atoms with Crippen LogP contribution in [0.3, 0.4) is 0 Å². The molecule has 4 aromatic carbocycles. The van der Waals surface area contributed by atoms with E-state index in [1.807, 2.05) is 97.6 Å². The summed E-state index contributed by atoms with van der Waals surface area (Å²) in [5.74, 6) is 2.27. The third-order valence-electron chi connectivity index (χ3n) is 19.1. The molecule has 0 radical (unpaired) electrons. The first-order valence-corrected chi connectivity index (χ1v) is 35.0. The van der Waals surface area contributed by atoms with Gasteiger partial charge in [0.1, 0.15) is 54.2 Å². The number of nitrogens with one attached hydrogen (secondary N) is 4. The lowest BCUT2D eigenvalue weighted by Gasteiger charge is -2.40. The molecule has 6 aromatic rings. The number of hydrogen-bond acceptors (Lipinski definition) is 18. The topological polar surface area (TPSA) is 336 Å². The molecule has 1 saturated heterocycles. The van der Waals surface area contributed by atoms with Crippen LogP contribution in [0.2, 0.25) is 10.0 Å². The van der Waals surface area contributed by atoms with E-state index in [-0.39, 0.29) is 11.8 Å². The van der Waals surface area contributed by atoms with Gasteiger partial charge in [-0.15, -0.1) is 0 Å². The zero-order valence-corrected chi connectivity index (χ0v) is 56.9. The summed E-state index contributed by atoms with van der Waals surface area (Å²) < 4.78 is 30.9. The number of aliphatic hydroxyl groups is 9. The van der Waals surface area contributed by atoms with Crippen molar-refractivity contribution in [3.05, 3.63) is 165 Å². The van der Waals surface area contributed by atoms with Crippen LogP contribution in [0.1, 0.15) is 149 Å². The Labute approximate surface area is 582 Å². The van der Waals surface area contributed by atoms with Gasteiger partial charge >= 0.3 is 12.1 Å². The molecule has 2 aromatic heterocycles. The van der Waals surface area contributed by atoms with Crippen LogP contribution < -0.4 is 30.7 Å². The second kappa shape index (κ2) is 34.7. The number of benzene rings is 4. The fraction of sp³-hybridized carbons (Fsp3) is 0.514. The summed E-state index contributed by atoms with van der Waals surface area (Å²) in [5, 5.41) is 99.0. The number of carbonyl (C=O) groups excluding carboxylic acids is 2. The first kappa shape index (κ1) is 74.1. The van der Waals surface area contributed by atoms with Crippen LogP contribution in [0.4, 0.5) is 9.59 Å². The summed E-state index contributed by atoms with van der Waals surface area (Å²) in [6, 6.07) is 28.9. The molecule has 0 bridgehead atoms. The number of rotatable bonds is 34. The normalized spacial score (nSPS) is 21.6. The van der Waals surface area contributed by atoms with Crippen molar-refractivity contribution < 1.29 is 79.2 Å². The molecule has 1 aliphatic heterocycles. The molecule has 0 spiro atoms. The fourth-order valence-electron chi connectivity index (χ4n) is 12.3. The highest BCUT2D eigenvalue weighted by atomic mass is 35.5. The van der Waals surface area contributed by atoms with Crippen molar-refractivity contribution in [2.45, 2.75) is 207 Å². The number of pyridine rings is 2. The summed E-state index contributed by atoms with van der Waals surface area (Å²) in [5.41, 5.74) is 9.70. The third kappa shape index (κ3) is 19.5. The Morgan fingerprint density at radius 2 is 1.08 bits per heavy atom. The third-order valence-corrected chi connectivity index (χ3v) is 19.8. The summed E-state index contributed by atoms with van der Waals surface area (Å²) >= 11 is 13.3. The number of unbranched alkanes of at least 4 members (excludes halogenated alkanes) is 2. The lowest BCUT2D eigenvalue weighted by molar-refractivity contribution is -0.252. The Balaban J connectivity index is 0.000000212. The number of hydrogen-bond donors (Lipinski definition) is 13. The van der Waals surface area contributed by atoms with Crippen LogP contribution >= 0.6 is 23.2 Å². The van der Waals surface area contributed by atoms with E-state index in [2.05, 4.69) is 69.3 Å². The highest BCUT2D eigenvalue weighted by Gasteiger charge is 2.50. The summed E-state index contributed by atoms with van der Waals surface area (Å²) in [7, 11) is 0. The van der Waals surface area contributed by atoms with Crippen molar-refractivity contribution in [3.8, 4) is 33.8 Å². The summed E-state index contributed by atoms with van der Waals surface area (Å²) in [4.78, 5) is 33.6. The van der Waals surface area contributed by atoms with E-state index in [1.165, 1.54) is 0 Å². The summed E-state index contributed by atoms with van der Waals surface area (Å²) in [6.07, 6.45) is 10.3. The molecule has 13 N–H and O–H groups in total. The van der Waals surface area contributed by atoms with Gasteiger partial charge in [-0.3, -0.25) is 9.97 Å². The van der Waals surface area contributed by atoms with Crippen LogP contribution in [-0.2, 0) is 38.6 Å². The predicted octanol–water partition coefficient (Wildman–Crippen LogP) is 8.68. The van der Waals surface area contributed by atoms with Crippen LogP contribution in [0.5, 0.6) is 11.5 Å². The molecule has 3 heterocycles. The molecular formula is C74H94Cl2N6O16. The van der Waals surface area contributed by atoms with Crippen molar-refractivity contribution in [1.29, 1.82) is 0 Å². The van der Waals surface area contributed by atoms with Gasteiger partial charge in [0.25, 0.3) is 0 Å².